The lowest BCUT2D eigenvalue weighted by atomic mass is 10.0. The summed E-state index contributed by atoms with van der Waals surface area (Å²) in [7, 11) is 0. The first-order chi connectivity index (χ1) is 11.5. The summed E-state index contributed by atoms with van der Waals surface area (Å²) >= 11 is 0. The Morgan fingerprint density at radius 3 is 2.67 bits per heavy atom. The Labute approximate surface area is 137 Å². The zero-order valence-electron chi connectivity index (χ0n) is 12.8. The van der Waals surface area contributed by atoms with E-state index in [0.29, 0.717) is 0 Å². The number of anilines is 1. The topological polar surface area (TPSA) is 58.2 Å². The number of rotatable bonds is 4. The van der Waals surface area contributed by atoms with E-state index in [-0.39, 0.29) is 24.1 Å². The summed E-state index contributed by atoms with van der Waals surface area (Å²) in [6, 6.07) is 10.8. The number of nitrogens with one attached hydrogen (secondary N) is 2. The summed E-state index contributed by atoms with van der Waals surface area (Å²) in [6.45, 7) is -0.226. The molecule has 2 aromatic rings. The largest absolute Gasteiger partial charge is 0.346 e. The van der Waals surface area contributed by atoms with E-state index in [1.165, 1.54) is 6.07 Å². The molecule has 4 nitrogen and oxygen atoms in total. The molecule has 0 heterocycles. The van der Waals surface area contributed by atoms with Crippen LogP contribution >= 0.6 is 0 Å². The van der Waals surface area contributed by atoms with Crippen LogP contribution in [0.25, 0.3) is 0 Å². The average molecular weight is 330 g/mol. The van der Waals surface area contributed by atoms with Gasteiger partial charge in [-0.05, 0) is 36.1 Å². The Bertz CT molecular complexity index is 792. The highest BCUT2D eigenvalue weighted by Crippen LogP contribution is 2.32. The molecule has 0 unspecified atom stereocenters. The first kappa shape index (κ1) is 16.1. The van der Waals surface area contributed by atoms with Crippen LogP contribution in [0.2, 0.25) is 0 Å². The molecule has 0 saturated carbocycles. The Morgan fingerprint density at radius 2 is 1.88 bits per heavy atom. The second-order valence-corrected chi connectivity index (χ2v) is 5.68. The highest BCUT2D eigenvalue weighted by Gasteiger charge is 2.28. The van der Waals surface area contributed by atoms with Crippen LogP contribution in [-0.4, -0.2) is 18.4 Å². The van der Waals surface area contributed by atoms with Crippen molar-refractivity contribution in [3.63, 3.8) is 0 Å². The number of benzene rings is 2. The Kier molecular flexibility index (Phi) is 4.55. The molecule has 3 rings (SSSR count). The van der Waals surface area contributed by atoms with Gasteiger partial charge < -0.3 is 10.6 Å². The van der Waals surface area contributed by atoms with Gasteiger partial charge in [0.25, 0.3) is 0 Å². The predicted octanol–water partition coefficient (Wildman–Crippen LogP) is 2.75. The fourth-order valence-corrected chi connectivity index (χ4v) is 2.90. The van der Waals surface area contributed by atoms with Crippen molar-refractivity contribution in [3.8, 4) is 0 Å². The predicted molar refractivity (Wildman–Crippen MR) is 85.5 cm³/mol. The number of halogens is 2. The summed E-state index contributed by atoms with van der Waals surface area (Å²) < 4.78 is 25.9. The molecule has 0 spiro atoms. The Hall–Kier alpha value is -2.76. The third-order valence-corrected chi connectivity index (χ3v) is 4.08. The number of fused-ring (bicyclic) bond motifs is 1. The van der Waals surface area contributed by atoms with Crippen molar-refractivity contribution in [2.24, 2.45) is 0 Å². The van der Waals surface area contributed by atoms with Gasteiger partial charge in [0.15, 0.2) is 11.6 Å². The molecule has 1 aliphatic rings. The molecule has 0 saturated heterocycles. The third kappa shape index (κ3) is 3.42. The molecule has 2 amide bonds. The van der Waals surface area contributed by atoms with Gasteiger partial charge in [-0.1, -0.05) is 24.3 Å². The molecule has 0 aliphatic heterocycles. The molecular weight excluding hydrogens is 314 g/mol. The molecule has 0 bridgehead atoms. The molecule has 0 radical (unpaired) electrons. The molecule has 0 aromatic heterocycles. The van der Waals surface area contributed by atoms with Crippen molar-refractivity contribution in [1.29, 1.82) is 0 Å². The number of hydrogen-bond acceptors (Lipinski definition) is 2. The SMILES string of the molecule is O=C(CNC(=O)[C@H]1CCc2ccccc21)Nc1ccc(F)c(F)c1. The molecule has 24 heavy (non-hydrogen) atoms. The molecule has 2 aromatic carbocycles. The summed E-state index contributed by atoms with van der Waals surface area (Å²) in [5.74, 6) is -2.99. The van der Waals surface area contributed by atoms with Gasteiger partial charge in [0, 0.05) is 11.8 Å². The van der Waals surface area contributed by atoms with E-state index < -0.39 is 17.5 Å². The van der Waals surface area contributed by atoms with Crippen LogP contribution in [0.1, 0.15) is 23.5 Å². The summed E-state index contributed by atoms with van der Waals surface area (Å²) in [5.41, 5.74) is 2.29. The second-order valence-electron chi connectivity index (χ2n) is 5.68. The maximum Gasteiger partial charge on any atom is 0.243 e. The fraction of sp³-hybridized carbons (Fsp3) is 0.222. The monoisotopic (exact) mass is 330 g/mol. The van der Waals surface area contributed by atoms with Crippen molar-refractivity contribution < 1.29 is 18.4 Å². The van der Waals surface area contributed by atoms with E-state index in [0.717, 1.165) is 36.1 Å². The lowest BCUT2D eigenvalue weighted by molar-refractivity contribution is -0.125. The van der Waals surface area contributed by atoms with Crippen LogP contribution < -0.4 is 10.6 Å². The summed E-state index contributed by atoms with van der Waals surface area (Å²) in [4.78, 5) is 24.1. The Balaban J connectivity index is 1.55. The summed E-state index contributed by atoms with van der Waals surface area (Å²) in [6.07, 6.45) is 1.56. The number of carbonyl (C=O) groups excluding carboxylic acids is 2. The van der Waals surface area contributed by atoms with Gasteiger partial charge in [-0.3, -0.25) is 9.59 Å². The van der Waals surface area contributed by atoms with E-state index in [9.17, 15) is 18.4 Å². The van der Waals surface area contributed by atoms with Crippen molar-refractivity contribution >= 4 is 17.5 Å². The van der Waals surface area contributed by atoms with Gasteiger partial charge in [-0.2, -0.15) is 0 Å². The van der Waals surface area contributed by atoms with E-state index in [1.54, 1.807) is 0 Å². The molecule has 1 atom stereocenters. The smallest absolute Gasteiger partial charge is 0.243 e. The molecule has 0 fully saturated rings. The first-order valence-electron chi connectivity index (χ1n) is 7.65. The van der Waals surface area contributed by atoms with Crippen molar-refractivity contribution in [2.75, 3.05) is 11.9 Å². The lowest BCUT2D eigenvalue weighted by Crippen LogP contribution is -2.35. The van der Waals surface area contributed by atoms with Crippen LogP contribution in [0.3, 0.4) is 0 Å². The van der Waals surface area contributed by atoms with Crippen LogP contribution in [-0.2, 0) is 16.0 Å². The minimum atomic E-state index is -1.04. The number of carbonyl (C=O) groups is 2. The van der Waals surface area contributed by atoms with Crippen LogP contribution in [0, 0.1) is 11.6 Å². The zero-order chi connectivity index (χ0) is 17.1. The molecule has 6 heteroatoms. The quantitative estimate of drug-likeness (QED) is 0.906. The molecule has 124 valence electrons. The standard InChI is InChI=1S/C18H16F2N2O2/c19-15-8-6-12(9-16(15)20)22-17(23)10-21-18(24)14-7-5-11-3-1-2-4-13(11)14/h1-4,6,8-9,14H,5,7,10H2,(H,21,24)(H,22,23)/t14-/m0/s1. The van der Waals surface area contributed by atoms with Crippen molar-refractivity contribution in [1.82, 2.24) is 5.32 Å². The fourth-order valence-electron chi connectivity index (χ4n) is 2.90. The number of amides is 2. The van der Waals surface area contributed by atoms with Crippen LogP contribution in [0.15, 0.2) is 42.5 Å². The van der Waals surface area contributed by atoms with Crippen LogP contribution in [0.4, 0.5) is 14.5 Å². The van der Waals surface area contributed by atoms with E-state index in [1.807, 2.05) is 24.3 Å². The van der Waals surface area contributed by atoms with E-state index >= 15 is 0 Å². The van der Waals surface area contributed by atoms with Gasteiger partial charge in [-0.25, -0.2) is 8.78 Å². The molecule has 2 N–H and O–H groups in total. The van der Waals surface area contributed by atoms with Crippen molar-refractivity contribution in [3.05, 3.63) is 65.2 Å². The van der Waals surface area contributed by atoms with Gasteiger partial charge in [0.1, 0.15) is 0 Å². The van der Waals surface area contributed by atoms with E-state index in [2.05, 4.69) is 10.6 Å². The average Bonchev–Trinajstić information content (AvgIpc) is 3.00. The number of aryl methyl sites for hydroxylation is 1. The number of hydrogen-bond donors (Lipinski definition) is 2. The first-order valence-corrected chi connectivity index (χ1v) is 7.65. The minimum Gasteiger partial charge on any atom is -0.346 e. The maximum absolute atomic E-state index is 13.1. The molecule has 1 aliphatic carbocycles. The van der Waals surface area contributed by atoms with Crippen molar-refractivity contribution in [2.45, 2.75) is 18.8 Å². The molecular formula is C18H16F2N2O2. The minimum absolute atomic E-state index is 0.138. The van der Waals surface area contributed by atoms with E-state index in [4.69, 9.17) is 0 Å². The van der Waals surface area contributed by atoms with Gasteiger partial charge >= 0.3 is 0 Å². The maximum atomic E-state index is 13.1. The highest BCUT2D eigenvalue weighted by atomic mass is 19.2. The van der Waals surface area contributed by atoms with Crippen LogP contribution in [0.5, 0.6) is 0 Å². The Morgan fingerprint density at radius 1 is 1.08 bits per heavy atom. The summed E-state index contributed by atoms with van der Waals surface area (Å²) in [5, 5.41) is 5.01. The second kappa shape index (κ2) is 6.78. The van der Waals surface area contributed by atoms with Gasteiger partial charge in [0.05, 0.1) is 12.5 Å². The lowest BCUT2D eigenvalue weighted by Gasteiger charge is -2.12. The normalized spacial score (nSPS) is 15.7. The highest BCUT2D eigenvalue weighted by molar-refractivity contribution is 5.95. The van der Waals surface area contributed by atoms with Gasteiger partial charge in [-0.15, -0.1) is 0 Å². The zero-order valence-corrected chi connectivity index (χ0v) is 12.8. The van der Waals surface area contributed by atoms with Gasteiger partial charge in [0.2, 0.25) is 11.8 Å². The third-order valence-electron chi connectivity index (χ3n) is 4.08.